The van der Waals surface area contributed by atoms with Gasteiger partial charge in [0.1, 0.15) is 5.76 Å². The Morgan fingerprint density at radius 3 is 2.97 bits per heavy atom. The van der Waals surface area contributed by atoms with Gasteiger partial charge in [-0.25, -0.2) is 0 Å². The number of benzene rings is 1. The van der Waals surface area contributed by atoms with Gasteiger partial charge in [-0.05, 0) is 73.3 Å². The number of fused-ring (bicyclic) bond motifs is 1. The van der Waals surface area contributed by atoms with Crippen LogP contribution in [0.3, 0.4) is 0 Å². The molecule has 1 aliphatic rings. The molecule has 0 amide bonds. The van der Waals surface area contributed by atoms with Crippen molar-refractivity contribution in [2.24, 2.45) is 0 Å². The molecule has 2 N–H and O–H groups in total. The molecular formula is C22H24ClN3O3S. The molecule has 30 heavy (non-hydrogen) atoms. The SMILES string of the molecule is Cc1cc2cc(CN(Cc3ccco3)C(=S)NC[C@H]3CCCO3)c(=O)[nH]c2cc1Cl. The molecule has 2 aromatic heterocycles. The van der Waals surface area contributed by atoms with Crippen molar-refractivity contribution in [3.05, 3.63) is 68.9 Å². The minimum Gasteiger partial charge on any atom is -0.467 e. The molecule has 1 saturated heterocycles. The Morgan fingerprint density at radius 2 is 2.23 bits per heavy atom. The summed E-state index contributed by atoms with van der Waals surface area (Å²) in [6.45, 7) is 4.21. The molecule has 0 radical (unpaired) electrons. The molecule has 0 spiro atoms. The number of halogens is 1. The first-order chi connectivity index (χ1) is 14.5. The normalized spacial score (nSPS) is 16.1. The Hall–Kier alpha value is -2.35. The number of aryl methyl sites for hydroxylation is 1. The average Bonchev–Trinajstić information content (AvgIpc) is 3.42. The molecule has 0 aliphatic carbocycles. The fraction of sp³-hybridized carbons (Fsp3) is 0.364. The van der Waals surface area contributed by atoms with Crippen LogP contribution in [0.25, 0.3) is 10.9 Å². The van der Waals surface area contributed by atoms with E-state index in [1.807, 2.05) is 36.1 Å². The molecule has 0 unspecified atom stereocenters. The number of thiocarbonyl (C=S) groups is 1. The van der Waals surface area contributed by atoms with E-state index in [0.717, 1.165) is 41.7 Å². The number of aromatic amines is 1. The molecule has 1 fully saturated rings. The van der Waals surface area contributed by atoms with E-state index in [9.17, 15) is 4.79 Å². The summed E-state index contributed by atoms with van der Waals surface area (Å²) in [5.74, 6) is 0.774. The van der Waals surface area contributed by atoms with Crippen LogP contribution in [0.4, 0.5) is 0 Å². The first-order valence-corrected chi connectivity index (χ1v) is 10.8. The van der Waals surface area contributed by atoms with Crippen molar-refractivity contribution in [2.75, 3.05) is 13.2 Å². The second kappa shape index (κ2) is 9.20. The number of aromatic nitrogens is 1. The van der Waals surface area contributed by atoms with Gasteiger partial charge < -0.3 is 24.4 Å². The number of furan rings is 1. The standard InChI is InChI=1S/C22H24ClN3O3S/c1-14-8-15-9-16(21(27)25-20(15)10-19(14)23)12-26(13-18-5-3-7-29-18)22(30)24-11-17-4-2-6-28-17/h3,5,7-10,17H,2,4,6,11-13H2,1H3,(H,24,30)(H,25,27)/t17-/m1/s1. The first-order valence-electron chi connectivity index (χ1n) is 9.98. The molecule has 3 aromatic rings. The average molecular weight is 446 g/mol. The largest absolute Gasteiger partial charge is 0.467 e. The number of ether oxygens (including phenoxy) is 1. The maximum atomic E-state index is 12.7. The van der Waals surface area contributed by atoms with Crippen LogP contribution in [-0.4, -0.2) is 34.3 Å². The van der Waals surface area contributed by atoms with Crippen molar-refractivity contribution in [1.29, 1.82) is 0 Å². The number of nitrogens with zero attached hydrogens (tertiary/aromatic N) is 1. The highest BCUT2D eigenvalue weighted by molar-refractivity contribution is 7.80. The van der Waals surface area contributed by atoms with Crippen LogP contribution >= 0.6 is 23.8 Å². The van der Waals surface area contributed by atoms with E-state index in [-0.39, 0.29) is 11.7 Å². The number of pyridine rings is 1. The Morgan fingerprint density at radius 1 is 1.37 bits per heavy atom. The summed E-state index contributed by atoms with van der Waals surface area (Å²) in [6, 6.07) is 9.39. The number of rotatable bonds is 6. The first kappa shape index (κ1) is 20.9. The summed E-state index contributed by atoms with van der Waals surface area (Å²) in [5, 5.41) is 5.42. The molecule has 6 nitrogen and oxygen atoms in total. The molecule has 1 atom stereocenters. The summed E-state index contributed by atoms with van der Waals surface area (Å²) in [4.78, 5) is 17.6. The number of hydrogen-bond donors (Lipinski definition) is 2. The topological polar surface area (TPSA) is 70.5 Å². The molecule has 8 heteroatoms. The summed E-state index contributed by atoms with van der Waals surface area (Å²) in [5.41, 5.74) is 2.14. The van der Waals surface area contributed by atoms with Crippen LogP contribution in [0.2, 0.25) is 5.02 Å². The van der Waals surface area contributed by atoms with Gasteiger partial charge >= 0.3 is 0 Å². The molecule has 0 saturated carbocycles. The predicted molar refractivity (Wildman–Crippen MR) is 122 cm³/mol. The third kappa shape index (κ3) is 4.86. The lowest BCUT2D eigenvalue weighted by atomic mass is 10.1. The zero-order valence-electron chi connectivity index (χ0n) is 16.7. The zero-order valence-corrected chi connectivity index (χ0v) is 18.3. The molecule has 158 valence electrons. The zero-order chi connectivity index (χ0) is 21.1. The van der Waals surface area contributed by atoms with Gasteiger partial charge in [0.25, 0.3) is 5.56 Å². The predicted octanol–water partition coefficient (Wildman–Crippen LogP) is 4.14. The number of H-pyrrole nitrogens is 1. The number of hydrogen-bond acceptors (Lipinski definition) is 4. The van der Waals surface area contributed by atoms with Gasteiger partial charge in [-0.15, -0.1) is 0 Å². The second-order valence-electron chi connectivity index (χ2n) is 7.57. The summed E-state index contributed by atoms with van der Waals surface area (Å²) < 4.78 is 11.2. The lowest BCUT2D eigenvalue weighted by Crippen LogP contribution is -2.42. The van der Waals surface area contributed by atoms with Gasteiger partial charge in [0.15, 0.2) is 5.11 Å². The molecular weight excluding hydrogens is 422 g/mol. The summed E-state index contributed by atoms with van der Waals surface area (Å²) in [7, 11) is 0. The highest BCUT2D eigenvalue weighted by Gasteiger charge is 2.19. The third-order valence-electron chi connectivity index (χ3n) is 5.28. The van der Waals surface area contributed by atoms with Crippen LogP contribution in [0.1, 0.15) is 29.7 Å². The van der Waals surface area contributed by atoms with Crippen LogP contribution in [0.15, 0.2) is 45.8 Å². The Bertz CT molecular complexity index is 1090. The van der Waals surface area contributed by atoms with Gasteiger partial charge in [-0.2, -0.15) is 0 Å². The Labute approximate surface area is 185 Å². The van der Waals surface area contributed by atoms with E-state index in [4.69, 9.17) is 33.0 Å². The van der Waals surface area contributed by atoms with E-state index in [0.29, 0.717) is 35.3 Å². The van der Waals surface area contributed by atoms with Gasteiger partial charge in [-0.1, -0.05) is 11.6 Å². The van der Waals surface area contributed by atoms with Crippen molar-refractivity contribution in [1.82, 2.24) is 15.2 Å². The fourth-order valence-corrected chi connectivity index (χ4v) is 3.99. The quantitative estimate of drug-likeness (QED) is 0.556. The van der Waals surface area contributed by atoms with Gasteiger partial charge in [-0.3, -0.25) is 4.79 Å². The molecule has 4 rings (SSSR count). The molecule has 3 heterocycles. The summed E-state index contributed by atoms with van der Waals surface area (Å²) >= 11 is 11.8. The van der Waals surface area contributed by atoms with Crippen molar-refractivity contribution in [2.45, 2.75) is 39.0 Å². The lowest BCUT2D eigenvalue weighted by molar-refractivity contribution is 0.113. The Balaban J connectivity index is 1.57. The van der Waals surface area contributed by atoms with E-state index in [2.05, 4.69) is 10.3 Å². The minimum absolute atomic E-state index is 0.159. The van der Waals surface area contributed by atoms with Gasteiger partial charge in [0, 0.05) is 29.3 Å². The van der Waals surface area contributed by atoms with E-state index >= 15 is 0 Å². The van der Waals surface area contributed by atoms with Gasteiger partial charge in [0.05, 0.1) is 25.5 Å². The monoisotopic (exact) mass is 445 g/mol. The van der Waals surface area contributed by atoms with E-state index in [1.165, 1.54) is 0 Å². The van der Waals surface area contributed by atoms with Crippen LogP contribution < -0.4 is 10.9 Å². The highest BCUT2D eigenvalue weighted by Crippen LogP contribution is 2.22. The maximum absolute atomic E-state index is 12.7. The molecule has 1 aliphatic heterocycles. The minimum atomic E-state index is -0.159. The van der Waals surface area contributed by atoms with Gasteiger partial charge in [0.2, 0.25) is 0 Å². The van der Waals surface area contributed by atoms with Crippen molar-refractivity contribution in [3.8, 4) is 0 Å². The highest BCUT2D eigenvalue weighted by atomic mass is 35.5. The molecule has 1 aromatic carbocycles. The maximum Gasteiger partial charge on any atom is 0.253 e. The Kier molecular flexibility index (Phi) is 6.41. The molecule has 0 bridgehead atoms. The number of nitrogens with one attached hydrogen (secondary N) is 2. The van der Waals surface area contributed by atoms with E-state index in [1.54, 1.807) is 12.3 Å². The van der Waals surface area contributed by atoms with Crippen molar-refractivity contribution < 1.29 is 9.15 Å². The smallest absolute Gasteiger partial charge is 0.253 e. The second-order valence-corrected chi connectivity index (χ2v) is 8.36. The summed E-state index contributed by atoms with van der Waals surface area (Å²) in [6.07, 6.45) is 3.90. The lowest BCUT2D eigenvalue weighted by Gasteiger charge is -2.26. The van der Waals surface area contributed by atoms with Crippen LogP contribution in [0, 0.1) is 6.92 Å². The fourth-order valence-electron chi connectivity index (χ4n) is 3.62. The van der Waals surface area contributed by atoms with E-state index < -0.39 is 0 Å². The van der Waals surface area contributed by atoms with Crippen LogP contribution in [-0.2, 0) is 17.8 Å². The van der Waals surface area contributed by atoms with Crippen molar-refractivity contribution >= 4 is 39.8 Å². The van der Waals surface area contributed by atoms with Crippen molar-refractivity contribution in [3.63, 3.8) is 0 Å². The van der Waals surface area contributed by atoms with Crippen LogP contribution in [0.5, 0.6) is 0 Å². The third-order valence-corrected chi connectivity index (χ3v) is 6.09.